The largest absolute Gasteiger partial charge is 0.493 e. The number of ether oxygens (including phenoxy) is 2. The highest BCUT2D eigenvalue weighted by Crippen LogP contribution is 2.30. The first-order valence-electron chi connectivity index (χ1n) is 9.30. The molecule has 2 N–H and O–H groups in total. The van der Waals surface area contributed by atoms with Crippen LogP contribution >= 0.6 is 23.2 Å². The van der Waals surface area contributed by atoms with Gasteiger partial charge in [-0.2, -0.15) is 0 Å². The van der Waals surface area contributed by atoms with Gasteiger partial charge in [-0.3, -0.25) is 4.79 Å². The van der Waals surface area contributed by atoms with Gasteiger partial charge in [-0.25, -0.2) is 0 Å². The second-order valence-electron chi connectivity index (χ2n) is 6.67. The summed E-state index contributed by atoms with van der Waals surface area (Å²) >= 11 is 12.1. The van der Waals surface area contributed by atoms with E-state index in [-0.39, 0.29) is 12.5 Å². The maximum absolute atomic E-state index is 12.1. The van der Waals surface area contributed by atoms with Crippen molar-refractivity contribution >= 4 is 40.5 Å². The lowest BCUT2D eigenvalue weighted by Crippen LogP contribution is -2.20. The van der Waals surface area contributed by atoms with Crippen LogP contribution in [0.15, 0.2) is 60.7 Å². The summed E-state index contributed by atoms with van der Waals surface area (Å²) in [5.74, 6) is 0.786. The molecule has 0 aliphatic heterocycles. The van der Waals surface area contributed by atoms with Crippen LogP contribution in [0.3, 0.4) is 0 Å². The zero-order chi connectivity index (χ0) is 21.5. The smallest absolute Gasteiger partial charge is 0.262 e. The Morgan fingerprint density at radius 1 is 0.967 bits per heavy atom. The van der Waals surface area contributed by atoms with Crippen LogP contribution in [-0.4, -0.2) is 19.6 Å². The molecule has 1 amide bonds. The predicted octanol–water partition coefficient (Wildman–Crippen LogP) is 5.94. The van der Waals surface area contributed by atoms with Crippen LogP contribution in [0.5, 0.6) is 11.5 Å². The number of hydrogen-bond acceptors (Lipinski definition) is 4. The maximum Gasteiger partial charge on any atom is 0.262 e. The minimum Gasteiger partial charge on any atom is -0.493 e. The minimum absolute atomic E-state index is 0.123. The average molecular weight is 445 g/mol. The number of nitrogens with one attached hydrogen (secondary N) is 2. The summed E-state index contributed by atoms with van der Waals surface area (Å²) < 4.78 is 11.1. The first-order chi connectivity index (χ1) is 14.4. The Labute approximate surface area is 185 Å². The third-order valence-electron chi connectivity index (χ3n) is 4.34. The Kier molecular flexibility index (Phi) is 7.44. The molecule has 0 saturated heterocycles. The van der Waals surface area contributed by atoms with Crippen molar-refractivity contribution in [1.82, 2.24) is 0 Å². The van der Waals surface area contributed by atoms with E-state index >= 15 is 0 Å². The highest BCUT2D eigenvalue weighted by molar-refractivity contribution is 6.36. The Balaban J connectivity index is 1.58. The van der Waals surface area contributed by atoms with Crippen molar-refractivity contribution < 1.29 is 14.3 Å². The van der Waals surface area contributed by atoms with E-state index in [0.29, 0.717) is 28.1 Å². The molecule has 3 aromatic carbocycles. The van der Waals surface area contributed by atoms with E-state index in [2.05, 4.69) is 10.6 Å². The lowest BCUT2D eigenvalue weighted by Gasteiger charge is -2.13. The molecule has 3 aromatic rings. The number of halogens is 2. The monoisotopic (exact) mass is 444 g/mol. The summed E-state index contributed by atoms with van der Waals surface area (Å²) in [4.78, 5) is 12.1. The van der Waals surface area contributed by atoms with Crippen LogP contribution in [-0.2, 0) is 11.3 Å². The van der Waals surface area contributed by atoms with Crippen molar-refractivity contribution in [3.63, 3.8) is 0 Å². The van der Waals surface area contributed by atoms with Gasteiger partial charge in [-0.05, 0) is 55.0 Å². The molecule has 7 heteroatoms. The van der Waals surface area contributed by atoms with Gasteiger partial charge in [-0.1, -0.05) is 47.0 Å². The molecule has 0 atom stereocenters. The van der Waals surface area contributed by atoms with Crippen molar-refractivity contribution in [2.24, 2.45) is 0 Å². The van der Waals surface area contributed by atoms with Gasteiger partial charge in [0.2, 0.25) is 0 Å². The number of methoxy groups -OCH3 is 1. The van der Waals surface area contributed by atoms with Crippen LogP contribution in [0.1, 0.15) is 11.1 Å². The Morgan fingerprint density at radius 3 is 2.43 bits per heavy atom. The third-order valence-corrected chi connectivity index (χ3v) is 4.88. The summed E-state index contributed by atoms with van der Waals surface area (Å²) in [5.41, 5.74) is 3.60. The molecule has 0 aliphatic rings. The van der Waals surface area contributed by atoms with Crippen LogP contribution in [0.2, 0.25) is 10.0 Å². The molecule has 0 aliphatic carbocycles. The number of carbonyl (C=O) groups is 1. The first kappa shape index (κ1) is 21.8. The van der Waals surface area contributed by atoms with Crippen molar-refractivity contribution in [3.8, 4) is 11.5 Å². The fraction of sp³-hybridized carbons (Fsp3) is 0.174. The van der Waals surface area contributed by atoms with Gasteiger partial charge >= 0.3 is 0 Å². The number of carbonyl (C=O) groups excluding carboxylic acids is 1. The molecule has 30 heavy (non-hydrogen) atoms. The molecule has 0 radical (unpaired) electrons. The fourth-order valence-corrected chi connectivity index (χ4v) is 3.22. The van der Waals surface area contributed by atoms with E-state index in [9.17, 15) is 4.79 Å². The zero-order valence-corrected chi connectivity index (χ0v) is 18.2. The number of hydrogen-bond donors (Lipinski definition) is 2. The molecule has 156 valence electrons. The van der Waals surface area contributed by atoms with E-state index in [4.69, 9.17) is 32.7 Å². The molecular weight excluding hydrogens is 423 g/mol. The van der Waals surface area contributed by atoms with Crippen molar-refractivity contribution in [2.75, 3.05) is 24.4 Å². The Hall–Kier alpha value is -2.89. The van der Waals surface area contributed by atoms with E-state index in [1.165, 1.54) is 0 Å². The van der Waals surface area contributed by atoms with Gasteiger partial charge in [-0.15, -0.1) is 0 Å². The second kappa shape index (κ2) is 10.2. The highest BCUT2D eigenvalue weighted by atomic mass is 35.5. The van der Waals surface area contributed by atoms with Crippen molar-refractivity contribution in [3.05, 3.63) is 81.8 Å². The fourth-order valence-electron chi connectivity index (χ4n) is 2.75. The highest BCUT2D eigenvalue weighted by Gasteiger charge is 2.10. The summed E-state index contributed by atoms with van der Waals surface area (Å²) in [6, 6.07) is 18.4. The summed E-state index contributed by atoms with van der Waals surface area (Å²) in [6.45, 7) is 2.40. The van der Waals surface area contributed by atoms with Crippen LogP contribution < -0.4 is 20.1 Å². The van der Waals surface area contributed by atoms with Crippen molar-refractivity contribution in [1.29, 1.82) is 0 Å². The summed E-state index contributed by atoms with van der Waals surface area (Å²) in [7, 11) is 1.56. The number of benzene rings is 3. The molecule has 0 unspecified atom stereocenters. The number of aryl methyl sites for hydroxylation is 1. The van der Waals surface area contributed by atoms with Crippen LogP contribution in [0.4, 0.5) is 11.4 Å². The molecule has 0 spiro atoms. The Bertz CT molecular complexity index is 1020. The number of anilines is 2. The summed E-state index contributed by atoms with van der Waals surface area (Å²) in [5, 5.41) is 7.19. The van der Waals surface area contributed by atoms with Gasteiger partial charge in [0.05, 0.1) is 17.8 Å². The molecular formula is C23H22Cl2N2O3. The Morgan fingerprint density at radius 2 is 1.73 bits per heavy atom. The van der Waals surface area contributed by atoms with Crippen LogP contribution in [0, 0.1) is 6.92 Å². The van der Waals surface area contributed by atoms with Gasteiger partial charge < -0.3 is 20.1 Å². The number of rotatable bonds is 8. The summed E-state index contributed by atoms with van der Waals surface area (Å²) in [6.07, 6.45) is 0. The zero-order valence-electron chi connectivity index (χ0n) is 16.7. The lowest BCUT2D eigenvalue weighted by atomic mass is 10.2. The van der Waals surface area contributed by atoms with E-state index in [1.54, 1.807) is 25.3 Å². The lowest BCUT2D eigenvalue weighted by molar-refractivity contribution is -0.118. The van der Waals surface area contributed by atoms with Gasteiger partial charge in [0, 0.05) is 17.3 Å². The maximum atomic E-state index is 12.1. The molecule has 0 bridgehead atoms. The average Bonchev–Trinajstić information content (AvgIpc) is 2.73. The molecule has 5 nitrogen and oxygen atoms in total. The third kappa shape index (κ3) is 6.05. The predicted molar refractivity (Wildman–Crippen MR) is 122 cm³/mol. The standard InChI is InChI=1S/C23H22Cl2N2O3/c1-15-3-7-18(8-4-15)27-23(28)14-30-21-10-5-16(11-22(21)29-2)13-26-20-9-6-17(24)12-19(20)25/h3-12,26H,13-14H2,1-2H3,(H,27,28). The van der Waals surface area contributed by atoms with Gasteiger partial charge in [0.1, 0.15) is 0 Å². The molecule has 0 saturated carbocycles. The first-order valence-corrected chi connectivity index (χ1v) is 10.1. The molecule has 3 rings (SSSR count). The minimum atomic E-state index is -0.246. The van der Waals surface area contributed by atoms with Gasteiger partial charge in [0.25, 0.3) is 5.91 Å². The number of amides is 1. The second-order valence-corrected chi connectivity index (χ2v) is 7.51. The van der Waals surface area contributed by atoms with Crippen LogP contribution in [0.25, 0.3) is 0 Å². The molecule has 0 aromatic heterocycles. The quantitative estimate of drug-likeness (QED) is 0.451. The normalized spacial score (nSPS) is 10.4. The SMILES string of the molecule is COc1cc(CNc2ccc(Cl)cc2Cl)ccc1OCC(=O)Nc1ccc(C)cc1. The topological polar surface area (TPSA) is 59.6 Å². The van der Waals surface area contributed by atoms with E-state index < -0.39 is 0 Å². The van der Waals surface area contributed by atoms with E-state index in [1.807, 2.05) is 49.4 Å². The van der Waals surface area contributed by atoms with Gasteiger partial charge in [0.15, 0.2) is 18.1 Å². The van der Waals surface area contributed by atoms with E-state index in [0.717, 1.165) is 22.5 Å². The molecule has 0 heterocycles. The van der Waals surface area contributed by atoms with Crippen molar-refractivity contribution in [2.45, 2.75) is 13.5 Å². The molecule has 0 fully saturated rings.